The van der Waals surface area contributed by atoms with Crippen molar-refractivity contribution in [2.24, 2.45) is 0 Å². The standard InChI is InChI=1S/C12H7N4S.C5H5.Fe/c13-5-8-10(7-3-1-2-4-7)9(6-14)12(17)16-11(8)15;1-2-4-5-3-1;/h1-4H,(H3,15,16,17);1-5H;/q-5;-1;. The Hall–Kier alpha value is -2.63. The summed E-state index contributed by atoms with van der Waals surface area (Å²) < 4.78 is 0.250. The van der Waals surface area contributed by atoms with E-state index in [-0.39, 0.29) is 38.7 Å². The normalized spacial score (nSPS) is 8.78. The smallest absolute Gasteiger partial charge is 0 e. The number of hydrogen-bond acceptors (Lipinski definition) is 4. The van der Waals surface area contributed by atoms with E-state index >= 15 is 0 Å². The summed E-state index contributed by atoms with van der Waals surface area (Å²) in [6.45, 7) is 0. The minimum Gasteiger partial charge on any atom is -0.639 e. The molecule has 3 N–H and O–H groups in total. The fraction of sp³-hybridized carbons (Fsp3) is 0. The average Bonchev–Trinajstić information content (AvgIpc) is 3.22. The second-order valence-corrected chi connectivity index (χ2v) is 4.76. The van der Waals surface area contributed by atoms with E-state index in [1.165, 1.54) is 0 Å². The van der Waals surface area contributed by atoms with Crippen molar-refractivity contribution in [1.82, 2.24) is 4.98 Å². The van der Waals surface area contributed by atoms with Crippen LogP contribution >= 0.6 is 12.2 Å². The molecule has 1 heterocycles. The average molecular weight is 360 g/mol. The van der Waals surface area contributed by atoms with E-state index in [1.807, 2.05) is 66.7 Å². The first-order valence-electron chi connectivity index (χ1n) is 6.43. The predicted molar refractivity (Wildman–Crippen MR) is 88.5 cm³/mol. The van der Waals surface area contributed by atoms with Crippen LogP contribution in [-0.4, -0.2) is 4.98 Å². The number of nitrogens with zero attached hydrogens (tertiary/aromatic N) is 2. The van der Waals surface area contributed by atoms with Crippen LogP contribution in [-0.2, 0) is 17.1 Å². The molecule has 0 spiro atoms. The maximum atomic E-state index is 9.12. The first-order chi connectivity index (χ1) is 10.7. The minimum absolute atomic E-state index is 0. The fourth-order valence-corrected chi connectivity index (χ4v) is 2.25. The SMILES string of the molecule is N#Cc1c(N)[nH]c(=S)c(C#N)c1-[c-]1[cH-][cH-][cH-][cH-]1.[Fe].c1cc[cH-]c1. The number of pyridine rings is 1. The molecule has 0 aliphatic rings. The van der Waals surface area contributed by atoms with Gasteiger partial charge in [-0.3, -0.25) is 0 Å². The van der Waals surface area contributed by atoms with Crippen LogP contribution in [0, 0.1) is 27.3 Å². The van der Waals surface area contributed by atoms with Gasteiger partial charge in [0.15, 0.2) is 0 Å². The second kappa shape index (κ2) is 8.73. The first kappa shape index (κ1) is 18.4. The summed E-state index contributed by atoms with van der Waals surface area (Å²) in [5.74, 6) is 0.188. The number of aromatic amines is 1. The van der Waals surface area contributed by atoms with Gasteiger partial charge in [0.25, 0.3) is 0 Å². The zero-order valence-corrected chi connectivity index (χ0v) is 13.9. The maximum absolute atomic E-state index is 9.12. The van der Waals surface area contributed by atoms with Crippen molar-refractivity contribution in [3.63, 3.8) is 0 Å². The van der Waals surface area contributed by atoms with E-state index in [0.29, 0.717) is 5.56 Å². The number of anilines is 1. The van der Waals surface area contributed by atoms with Gasteiger partial charge in [-0.05, 0) is 22.6 Å². The van der Waals surface area contributed by atoms with Gasteiger partial charge in [-0.25, -0.2) is 33.8 Å². The van der Waals surface area contributed by atoms with E-state index in [4.69, 9.17) is 28.5 Å². The van der Waals surface area contributed by atoms with Gasteiger partial charge in [0.1, 0.15) is 0 Å². The Bertz CT molecular complexity index is 861. The van der Waals surface area contributed by atoms with Crippen LogP contribution in [0.1, 0.15) is 11.1 Å². The predicted octanol–water partition coefficient (Wildman–Crippen LogP) is 3.86. The van der Waals surface area contributed by atoms with Gasteiger partial charge in [-0.15, -0.1) is 0 Å². The number of nitriles is 2. The van der Waals surface area contributed by atoms with Crippen molar-refractivity contribution >= 4 is 18.0 Å². The summed E-state index contributed by atoms with van der Waals surface area (Å²) >= 11 is 5.04. The first-order valence-corrected chi connectivity index (χ1v) is 6.84. The van der Waals surface area contributed by atoms with Crippen LogP contribution in [0.15, 0.2) is 54.6 Å². The molecule has 23 heavy (non-hydrogen) atoms. The summed E-state index contributed by atoms with van der Waals surface area (Å²) in [5, 5.41) is 18.2. The van der Waals surface area contributed by atoms with Crippen LogP contribution in [0.25, 0.3) is 11.1 Å². The van der Waals surface area contributed by atoms with Crippen molar-refractivity contribution in [3.8, 4) is 23.3 Å². The van der Waals surface area contributed by atoms with Gasteiger partial charge in [-0.2, -0.15) is 18.2 Å². The van der Waals surface area contributed by atoms with Gasteiger partial charge < -0.3 is 46.1 Å². The zero-order valence-electron chi connectivity index (χ0n) is 11.9. The molecule has 2 aromatic carbocycles. The number of nitrogen functional groups attached to an aromatic ring is 1. The molecule has 0 amide bonds. The molecule has 1 aromatic heterocycles. The number of hydrogen-bond donors (Lipinski definition) is 2. The van der Waals surface area contributed by atoms with Crippen molar-refractivity contribution in [2.45, 2.75) is 0 Å². The number of rotatable bonds is 1. The molecule has 0 radical (unpaired) electrons. The molecule has 0 aliphatic heterocycles. The van der Waals surface area contributed by atoms with E-state index in [0.717, 1.165) is 5.56 Å². The Morgan fingerprint density at radius 2 is 1.65 bits per heavy atom. The molecule has 4 nitrogen and oxygen atoms in total. The van der Waals surface area contributed by atoms with Crippen molar-refractivity contribution in [1.29, 1.82) is 10.5 Å². The summed E-state index contributed by atoms with van der Waals surface area (Å²) in [6.07, 6.45) is 0. The third-order valence-electron chi connectivity index (χ3n) is 2.98. The molecule has 0 aliphatic carbocycles. The van der Waals surface area contributed by atoms with Gasteiger partial charge in [0.05, 0.1) is 0 Å². The van der Waals surface area contributed by atoms with E-state index < -0.39 is 0 Å². The van der Waals surface area contributed by atoms with Crippen LogP contribution < -0.4 is 5.73 Å². The Kier molecular flexibility index (Phi) is 6.99. The molecular weight excluding hydrogens is 348 g/mol. The van der Waals surface area contributed by atoms with Gasteiger partial charge in [0.2, 0.25) is 0 Å². The van der Waals surface area contributed by atoms with Gasteiger partial charge >= 0.3 is 0 Å². The van der Waals surface area contributed by atoms with Crippen LogP contribution in [0.4, 0.5) is 5.82 Å². The molecule has 6 heteroatoms. The molecule has 3 aromatic rings. The minimum atomic E-state index is 0. The third kappa shape index (κ3) is 4.18. The van der Waals surface area contributed by atoms with Crippen molar-refractivity contribution in [3.05, 3.63) is 70.4 Å². The Morgan fingerprint density at radius 3 is 2.09 bits per heavy atom. The van der Waals surface area contributed by atoms with E-state index in [9.17, 15) is 0 Å². The zero-order chi connectivity index (χ0) is 15.9. The number of aromatic nitrogens is 1. The molecule has 0 unspecified atom stereocenters. The van der Waals surface area contributed by atoms with Crippen molar-refractivity contribution in [2.75, 3.05) is 5.73 Å². The largest absolute Gasteiger partial charge is 0.639 e. The van der Waals surface area contributed by atoms with Gasteiger partial charge in [0, 0.05) is 17.1 Å². The van der Waals surface area contributed by atoms with E-state index in [2.05, 4.69) is 4.98 Å². The summed E-state index contributed by atoms with van der Waals surface area (Å²) in [4.78, 5) is 2.66. The van der Waals surface area contributed by atoms with Crippen LogP contribution in [0.5, 0.6) is 0 Å². The quantitative estimate of drug-likeness (QED) is 0.392. The molecule has 120 valence electrons. The monoisotopic (exact) mass is 360 g/mol. The maximum Gasteiger partial charge on any atom is 0 e. The summed E-state index contributed by atoms with van der Waals surface area (Å²) in [5.41, 5.74) is 7.50. The summed E-state index contributed by atoms with van der Waals surface area (Å²) in [7, 11) is 0. The molecule has 0 bridgehead atoms. The third-order valence-corrected chi connectivity index (χ3v) is 3.28. The number of H-pyrrole nitrogens is 1. The van der Waals surface area contributed by atoms with E-state index in [1.54, 1.807) is 0 Å². The Morgan fingerprint density at radius 1 is 1.09 bits per heavy atom. The fourth-order valence-electron chi connectivity index (χ4n) is 1.99. The Balaban J connectivity index is 0.000000377. The van der Waals surface area contributed by atoms with Crippen molar-refractivity contribution < 1.29 is 17.1 Å². The summed E-state index contributed by atoms with van der Waals surface area (Å²) in [6, 6.07) is 21.3. The number of nitrogens with one attached hydrogen (secondary N) is 1. The molecule has 0 saturated heterocycles. The molecule has 0 saturated carbocycles. The van der Waals surface area contributed by atoms with Crippen LogP contribution in [0.3, 0.4) is 0 Å². The Labute approximate surface area is 150 Å². The van der Waals surface area contributed by atoms with Crippen LogP contribution in [0.2, 0.25) is 0 Å². The number of nitrogens with two attached hydrogens (primary N) is 1. The van der Waals surface area contributed by atoms with Gasteiger partial charge in [-0.1, -0.05) is 12.2 Å². The topological polar surface area (TPSA) is 89.4 Å². The molecule has 0 fully saturated rings. The molecule has 3 rings (SSSR count). The second-order valence-electron chi connectivity index (χ2n) is 4.35. The molecule has 0 atom stereocenters. The molecular formula is C17H12FeN4S-6.